The summed E-state index contributed by atoms with van der Waals surface area (Å²) in [4.78, 5) is 17.1. The third kappa shape index (κ3) is 5.17. The molecule has 2 aromatic carbocycles. The van der Waals surface area contributed by atoms with Crippen LogP contribution >= 0.6 is 0 Å². The molecule has 0 bridgehead atoms. The topological polar surface area (TPSA) is 51.2 Å². The molecule has 0 spiro atoms. The van der Waals surface area contributed by atoms with Crippen LogP contribution in [-0.2, 0) is 9.53 Å². The van der Waals surface area contributed by atoms with E-state index in [0.717, 1.165) is 22.4 Å². The highest BCUT2D eigenvalue weighted by molar-refractivity contribution is 5.82. The van der Waals surface area contributed by atoms with Gasteiger partial charge in [0.05, 0.1) is 11.9 Å². The maximum atomic E-state index is 12.8. The monoisotopic (exact) mass is 360 g/mol. The third-order valence-electron chi connectivity index (χ3n) is 3.93. The van der Waals surface area contributed by atoms with Gasteiger partial charge in [-0.2, -0.15) is 0 Å². The summed E-state index contributed by atoms with van der Waals surface area (Å²) < 4.78 is 5.62. The molecule has 1 aromatic heterocycles. The average molecular weight is 360 g/mol. The molecular formula is C23H24N2O2. The van der Waals surface area contributed by atoms with Gasteiger partial charge in [0.15, 0.2) is 6.04 Å². The van der Waals surface area contributed by atoms with Crippen LogP contribution in [0, 0.1) is 0 Å². The first-order valence-corrected chi connectivity index (χ1v) is 8.97. The average Bonchev–Trinajstić information content (AvgIpc) is 2.66. The van der Waals surface area contributed by atoms with Gasteiger partial charge in [0.25, 0.3) is 0 Å². The van der Waals surface area contributed by atoms with Gasteiger partial charge < -0.3 is 10.1 Å². The van der Waals surface area contributed by atoms with E-state index in [1.165, 1.54) is 0 Å². The van der Waals surface area contributed by atoms with Crippen LogP contribution in [0.3, 0.4) is 0 Å². The third-order valence-corrected chi connectivity index (χ3v) is 3.93. The Bertz CT molecular complexity index is 887. The Labute approximate surface area is 160 Å². The summed E-state index contributed by atoms with van der Waals surface area (Å²) in [6.45, 7) is 5.60. The minimum Gasteiger partial charge on any atom is -0.458 e. The van der Waals surface area contributed by atoms with Gasteiger partial charge in [-0.25, -0.2) is 4.79 Å². The normalized spacial score (nSPS) is 12.3. The van der Waals surface area contributed by atoms with Crippen LogP contribution in [0.5, 0.6) is 0 Å². The van der Waals surface area contributed by atoms with E-state index in [0.29, 0.717) is 0 Å². The fraction of sp³-hybridized carbons (Fsp3) is 0.217. The Morgan fingerprint density at radius 3 is 2.19 bits per heavy atom. The number of anilines is 1. The maximum absolute atomic E-state index is 12.8. The highest BCUT2D eigenvalue weighted by Crippen LogP contribution is 2.26. The standard InChI is InChI=1S/C23H24N2O2/c1-23(2,3)27-22(26)21(18-12-8-5-9-13-18)25-20-14-19(15-24-16-20)17-10-6-4-7-11-17/h4-16,21,25H,1-3H3. The predicted octanol–water partition coefficient (Wildman–Crippen LogP) is 5.24. The number of aromatic nitrogens is 1. The summed E-state index contributed by atoms with van der Waals surface area (Å²) in [6, 6.07) is 21.0. The highest BCUT2D eigenvalue weighted by Gasteiger charge is 2.26. The van der Waals surface area contributed by atoms with Crippen LogP contribution in [0.25, 0.3) is 11.1 Å². The summed E-state index contributed by atoms with van der Waals surface area (Å²) in [5.41, 5.74) is 3.10. The van der Waals surface area contributed by atoms with E-state index in [-0.39, 0.29) is 5.97 Å². The van der Waals surface area contributed by atoms with Crippen LogP contribution in [0.15, 0.2) is 79.1 Å². The largest absolute Gasteiger partial charge is 0.458 e. The van der Waals surface area contributed by atoms with Crippen LogP contribution in [-0.4, -0.2) is 16.6 Å². The quantitative estimate of drug-likeness (QED) is 0.632. The van der Waals surface area contributed by atoms with Gasteiger partial charge in [-0.1, -0.05) is 60.7 Å². The molecule has 1 heterocycles. The lowest BCUT2D eigenvalue weighted by Gasteiger charge is -2.25. The number of esters is 1. The Morgan fingerprint density at radius 2 is 1.56 bits per heavy atom. The summed E-state index contributed by atoms with van der Waals surface area (Å²) >= 11 is 0. The van der Waals surface area contributed by atoms with Gasteiger partial charge in [-0.15, -0.1) is 0 Å². The van der Waals surface area contributed by atoms with Crippen molar-refractivity contribution < 1.29 is 9.53 Å². The number of hydrogen-bond acceptors (Lipinski definition) is 4. The molecule has 0 aliphatic heterocycles. The molecule has 3 rings (SSSR count). The van der Waals surface area contributed by atoms with Crippen LogP contribution in [0.1, 0.15) is 32.4 Å². The molecule has 1 unspecified atom stereocenters. The molecule has 138 valence electrons. The smallest absolute Gasteiger partial charge is 0.333 e. The second-order valence-corrected chi connectivity index (χ2v) is 7.35. The van der Waals surface area contributed by atoms with Crippen molar-refractivity contribution in [3.63, 3.8) is 0 Å². The lowest BCUT2D eigenvalue weighted by Crippen LogP contribution is -2.31. The second-order valence-electron chi connectivity index (χ2n) is 7.35. The molecule has 1 atom stereocenters. The summed E-state index contributed by atoms with van der Waals surface area (Å²) in [6.07, 6.45) is 3.53. The number of nitrogens with one attached hydrogen (secondary N) is 1. The first-order valence-electron chi connectivity index (χ1n) is 8.97. The number of rotatable bonds is 5. The first kappa shape index (κ1) is 18.6. The summed E-state index contributed by atoms with van der Waals surface area (Å²) in [7, 11) is 0. The van der Waals surface area contributed by atoms with E-state index in [1.807, 2.05) is 93.7 Å². The minimum absolute atomic E-state index is 0.321. The van der Waals surface area contributed by atoms with Gasteiger partial charge in [-0.05, 0) is 38.0 Å². The highest BCUT2D eigenvalue weighted by atomic mass is 16.6. The van der Waals surface area contributed by atoms with Crippen LogP contribution < -0.4 is 5.32 Å². The van der Waals surface area contributed by atoms with E-state index in [9.17, 15) is 4.79 Å². The molecule has 4 nitrogen and oxygen atoms in total. The number of benzene rings is 2. The van der Waals surface area contributed by atoms with Gasteiger partial charge in [0, 0.05) is 11.8 Å². The number of pyridine rings is 1. The fourth-order valence-corrected chi connectivity index (χ4v) is 2.76. The van der Waals surface area contributed by atoms with Crippen molar-refractivity contribution in [2.45, 2.75) is 32.4 Å². The second kappa shape index (κ2) is 8.04. The van der Waals surface area contributed by atoms with Crippen molar-refractivity contribution >= 4 is 11.7 Å². The number of nitrogens with zero attached hydrogens (tertiary/aromatic N) is 1. The van der Waals surface area contributed by atoms with Crippen molar-refractivity contribution in [3.8, 4) is 11.1 Å². The molecule has 0 saturated carbocycles. The zero-order valence-corrected chi connectivity index (χ0v) is 15.8. The minimum atomic E-state index is -0.613. The molecule has 0 aliphatic carbocycles. The molecule has 27 heavy (non-hydrogen) atoms. The maximum Gasteiger partial charge on any atom is 0.333 e. The van der Waals surface area contributed by atoms with E-state index >= 15 is 0 Å². The Hall–Kier alpha value is -3.14. The Kier molecular flexibility index (Phi) is 5.55. The molecule has 3 aromatic rings. The molecule has 0 saturated heterocycles. The van der Waals surface area contributed by atoms with E-state index < -0.39 is 11.6 Å². The molecule has 0 aliphatic rings. The molecule has 0 fully saturated rings. The zero-order chi connectivity index (χ0) is 19.3. The molecule has 0 amide bonds. The van der Waals surface area contributed by atoms with Crippen LogP contribution in [0.2, 0.25) is 0 Å². The predicted molar refractivity (Wildman–Crippen MR) is 108 cm³/mol. The lowest BCUT2D eigenvalue weighted by molar-refractivity contribution is -0.156. The van der Waals surface area contributed by atoms with Crippen molar-refractivity contribution in [3.05, 3.63) is 84.7 Å². The number of ether oxygens (including phenoxy) is 1. The SMILES string of the molecule is CC(C)(C)OC(=O)C(Nc1cncc(-c2ccccc2)c1)c1ccccc1. The zero-order valence-electron chi connectivity index (χ0n) is 15.8. The number of carbonyl (C=O) groups is 1. The van der Waals surface area contributed by atoms with E-state index in [4.69, 9.17) is 4.74 Å². The molecule has 0 radical (unpaired) electrons. The Balaban J connectivity index is 1.89. The molecular weight excluding hydrogens is 336 g/mol. The van der Waals surface area contributed by atoms with Gasteiger partial charge >= 0.3 is 5.97 Å². The van der Waals surface area contributed by atoms with Gasteiger partial charge in [0.2, 0.25) is 0 Å². The van der Waals surface area contributed by atoms with Crippen molar-refractivity contribution in [2.24, 2.45) is 0 Å². The first-order chi connectivity index (χ1) is 12.9. The summed E-state index contributed by atoms with van der Waals surface area (Å²) in [5.74, 6) is -0.321. The number of carbonyl (C=O) groups excluding carboxylic acids is 1. The number of hydrogen-bond donors (Lipinski definition) is 1. The lowest BCUT2D eigenvalue weighted by atomic mass is 10.0. The molecule has 4 heteroatoms. The van der Waals surface area contributed by atoms with Crippen molar-refractivity contribution in [1.82, 2.24) is 4.98 Å². The molecule has 1 N–H and O–H groups in total. The Morgan fingerprint density at radius 1 is 0.926 bits per heavy atom. The van der Waals surface area contributed by atoms with E-state index in [1.54, 1.807) is 6.20 Å². The van der Waals surface area contributed by atoms with E-state index in [2.05, 4.69) is 10.3 Å². The van der Waals surface area contributed by atoms with Gasteiger partial charge in [0.1, 0.15) is 5.60 Å². The van der Waals surface area contributed by atoms with Crippen molar-refractivity contribution in [2.75, 3.05) is 5.32 Å². The van der Waals surface area contributed by atoms with Crippen molar-refractivity contribution in [1.29, 1.82) is 0 Å². The summed E-state index contributed by atoms with van der Waals surface area (Å²) in [5, 5.41) is 3.29. The fourth-order valence-electron chi connectivity index (χ4n) is 2.76. The van der Waals surface area contributed by atoms with Gasteiger partial charge in [-0.3, -0.25) is 4.98 Å². The van der Waals surface area contributed by atoms with Crippen LogP contribution in [0.4, 0.5) is 5.69 Å².